The average molecular weight is 401 g/mol. The zero-order valence-electron chi connectivity index (χ0n) is 16.1. The van der Waals surface area contributed by atoms with Gasteiger partial charge in [0.1, 0.15) is 0 Å². The Bertz CT molecular complexity index is 818. The van der Waals surface area contributed by atoms with E-state index in [2.05, 4.69) is 5.32 Å². The zero-order chi connectivity index (χ0) is 20.1. The van der Waals surface area contributed by atoms with Gasteiger partial charge in [-0.2, -0.15) is 0 Å². The maximum Gasteiger partial charge on any atom is 0.253 e. The van der Waals surface area contributed by atoms with Crippen molar-refractivity contribution in [3.8, 4) is 0 Å². The predicted octanol–water partition coefficient (Wildman–Crippen LogP) is 3.84. The van der Waals surface area contributed by atoms with E-state index in [0.717, 1.165) is 5.56 Å². The van der Waals surface area contributed by atoms with E-state index in [9.17, 15) is 9.59 Å². The number of nitrogens with zero attached hydrogens (tertiary/aromatic N) is 1. The summed E-state index contributed by atoms with van der Waals surface area (Å²) in [6, 6.07) is 16.0. The highest BCUT2D eigenvalue weighted by Gasteiger charge is 2.28. The molecular weight excluding hydrogens is 376 g/mol. The smallest absolute Gasteiger partial charge is 0.253 e. The van der Waals surface area contributed by atoms with E-state index < -0.39 is 6.04 Å². The molecule has 1 saturated heterocycles. The molecule has 1 aliphatic rings. The van der Waals surface area contributed by atoms with Crippen LogP contribution in [0.1, 0.15) is 42.2 Å². The van der Waals surface area contributed by atoms with E-state index in [1.165, 1.54) is 0 Å². The summed E-state index contributed by atoms with van der Waals surface area (Å²) >= 11 is 6.16. The lowest BCUT2D eigenvalue weighted by molar-refractivity contribution is -0.143. The van der Waals surface area contributed by atoms with E-state index in [1.807, 2.05) is 49.1 Å². The van der Waals surface area contributed by atoms with Crippen molar-refractivity contribution in [2.75, 3.05) is 13.1 Å². The molecule has 1 fully saturated rings. The van der Waals surface area contributed by atoms with E-state index in [1.54, 1.807) is 24.3 Å². The van der Waals surface area contributed by atoms with Crippen molar-refractivity contribution in [3.63, 3.8) is 0 Å². The molecule has 0 aromatic heterocycles. The van der Waals surface area contributed by atoms with Gasteiger partial charge in [0, 0.05) is 13.1 Å². The lowest BCUT2D eigenvalue weighted by atomic mass is 10.0. The van der Waals surface area contributed by atoms with Crippen LogP contribution >= 0.6 is 11.6 Å². The Kier molecular flexibility index (Phi) is 6.70. The van der Waals surface area contributed by atoms with E-state index in [4.69, 9.17) is 16.3 Å². The van der Waals surface area contributed by atoms with Crippen molar-refractivity contribution < 1.29 is 14.3 Å². The average Bonchev–Trinajstić information content (AvgIpc) is 2.67. The summed E-state index contributed by atoms with van der Waals surface area (Å²) < 4.78 is 5.71. The molecule has 2 aromatic rings. The first-order valence-electron chi connectivity index (χ1n) is 9.47. The van der Waals surface area contributed by atoms with Crippen LogP contribution in [0.4, 0.5) is 0 Å². The van der Waals surface area contributed by atoms with Gasteiger partial charge in [-0.1, -0.05) is 54.1 Å². The Balaban J connectivity index is 1.77. The highest BCUT2D eigenvalue weighted by atomic mass is 35.5. The van der Waals surface area contributed by atoms with Crippen LogP contribution < -0.4 is 5.32 Å². The molecule has 148 valence electrons. The summed E-state index contributed by atoms with van der Waals surface area (Å²) in [4.78, 5) is 27.5. The second kappa shape index (κ2) is 9.22. The van der Waals surface area contributed by atoms with Crippen LogP contribution in [0.3, 0.4) is 0 Å². The number of halogens is 1. The monoisotopic (exact) mass is 400 g/mol. The van der Waals surface area contributed by atoms with Crippen LogP contribution in [0.25, 0.3) is 0 Å². The Morgan fingerprint density at radius 1 is 1.07 bits per heavy atom. The van der Waals surface area contributed by atoms with Gasteiger partial charge in [0.25, 0.3) is 5.91 Å². The van der Waals surface area contributed by atoms with Gasteiger partial charge in [0.05, 0.1) is 35.3 Å². The number of carbonyl (C=O) groups is 2. The number of nitrogens with one attached hydrogen (secondary N) is 1. The zero-order valence-corrected chi connectivity index (χ0v) is 16.9. The van der Waals surface area contributed by atoms with Crippen LogP contribution in [-0.4, -0.2) is 42.0 Å². The molecule has 0 bridgehead atoms. The lowest BCUT2D eigenvalue weighted by Crippen LogP contribution is -2.49. The van der Waals surface area contributed by atoms with Gasteiger partial charge in [-0.05, 0) is 31.5 Å². The summed E-state index contributed by atoms with van der Waals surface area (Å²) in [6.07, 6.45) is 0.181. The predicted molar refractivity (Wildman–Crippen MR) is 109 cm³/mol. The van der Waals surface area contributed by atoms with Crippen molar-refractivity contribution in [2.24, 2.45) is 0 Å². The summed E-state index contributed by atoms with van der Waals surface area (Å²) in [7, 11) is 0. The molecule has 0 saturated carbocycles. The molecule has 0 spiro atoms. The van der Waals surface area contributed by atoms with Gasteiger partial charge in [-0.3, -0.25) is 9.59 Å². The number of carbonyl (C=O) groups excluding carboxylic acids is 2. The minimum atomic E-state index is -0.439. The molecule has 1 heterocycles. The van der Waals surface area contributed by atoms with Crippen molar-refractivity contribution in [2.45, 2.75) is 38.5 Å². The third-order valence-electron chi connectivity index (χ3n) is 4.78. The molecule has 0 unspecified atom stereocenters. The number of hydrogen-bond acceptors (Lipinski definition) is 3. The Morgan fingerprint density at radius 2 is 1.68 bits per heavy atom. The largest absolute Gasteiger partial charge is 0.372 e. The maximum atomic E-state index is 13.0. The molecular formula is C22H25ClN2O3. The second-order valence-corrected chi connectivity index (χ2v) is 7.58. The molecule has 0 radical (unpaired) electrons. The molecule has 28 heavy (non-hydrogen) atoms. The first-order valence-corrected chi connectivity index (χ1v) is 9.85. The number of ether oxygens (including phenoxy) is 1. The summed E-state index contributed by atoms with van der Waals surface area (Å²) in [5.74, 6) is -0.300. The van der Waals surface area contributed by atoms with Gasteiger partial charge < -0.3 is 15.0 Å². The number of rotatable bonds is 5. The van der Waals surface area contributed by atoms with Crippen LogP contribution in [0, 0.1) is 0 Å². The van der Waals surface area contributed by atoms with Crippen LogP contribution in [0.5, 0.6) is 0 Å². The van der Waals surface area contributed by atoms with Gasteiger partial charge >= 0.3 is 0 Å². The van der Waals surface area contributed by atoms with Crippen molar-refractivity contribution in [1.29, 1.82) is 0 Å². The molecule has 1 N–H and O–H groups in total. The standard InChI is InChI=1S/C22H25ClN2O3/c1-15-13-25(14-16(2)28-15)21(26)12-20(17-8-4-3-5-9-17)24-22(27)18-10-6-7-11-19(18)23/h3-11,15-16,20H,12-14H2,1-2H3,(H,24,27)/t15-,16-,20+/m1/s1. The highest BCUT2D eigenvalue weighted by Crippen LogP contribution is 2.22. The first-order chi connectivity index (χ1) is 13.4. The van der Waals surface area contributed by atoms with Crippen molar-refractivity contribution >= 4 is 23.4 Å². The highest BCUT2D eigenvalue weighted by molar-refractivity contribution is 6.33. The summed E-state index contributed by atoms with van der Waals surface area (Å²) in [5.41, 5.74) is 1.27. The summed E-state index contributed by atoms with van der Waals surface area (Å²) in [5, 5.41) is 3.36. The minimum absolute atomic E-state index is 0.000548. The van der Waals surface area contributed by atoms with E-state index >= 15 is 0 Å². The fraction of sp³-hybridized carbons (Fsp3) is 0.364. The number of morpholine rings is 1. The molecule has 1 aliphatic heterocycles. The third kappa shape index (κ3) is 5.12. The summed E-state index contributed by atoms with van der Waals surface area (Å²) in [6.45, 7) is 5.04. The Morgan fingerprint density at radius 3 is 2.32 bits per heavy atom. The van der Waals surface area contributed by atoms with Crippen molar-refractivity contribution in [1.82, 2.24) is 10.2 Å². The quantitative estimate of drug-likeness (QED) is 0.829. The second-order valence-electron chi connectivity index (χ2n) is 7.18. The van der Waals surface area contributed by atoms with Crippen LogP contribution in [0.2, 0.25) is 5.02 Å². The maximum absolute atomic E-state index is 13.0. The first kappa shape index (κ1) is 20.4. The van der Waals surface area contributed by atoms with Gasteiger partial charge in [-0.25, -0.2) is 0 Å². The fourth-order valence-corrected chi connectivity index (χ4v) is 3.73. The molecule has 3 rings (SSSR count). The van der Waals surface area contributed by atoms with Crippen LogP contribution in [0.15, 0.2) is 54.6 Å². The lowest BCUT2D eigenvalue weighted by Gasteiger charge is -2.36. The van der Waals surface area contributed by atoms with Gasteiger partial charge in [0.15, 0.2) is 0 Å². The Labute approximate surface area is 170 Å². The van der Waals surface area contributed by atoms with Gasteiger partial charge in [0.2, 0.25) is 5.91 Å². The van der Waals surface area contributed by atoms with E-state index in [-0.39, 0.29) is 30.4 Å². The molecule has 0 aliphatic carbocycles. The van der Waals surface area contributed by atoms with Gasteiger partial charge in [-0.15, -0.1) is 0 Å². The molecule has 6 heteroatoms. The number of benzene rings is 2. The topological polar surface area (TPSA) is 58.6 Å². The number of amides is 2. The Hall–Kier alpha value is -2.37. The molecule has 3 atom stereocenters. The fourth-order valence-electron chi connectivity index (χ4n) is 3.50. The van der Waals surface area contributed by atoms with Crippen molar-refractivity contribution in [3.05, 3.63) is 70.7 Å². The third-order valence-corrected chi connectivity index (χ3v) is 5.11. The van der Waals surface area contributed by atoms with E-state index in [0.29, 0.717) is 23.7 Å². The SMILES string of the molecule is C[C@@H]1CN(C(=O)C[C@H](NC(=O)c2ccccc2Cl)c2ccccc2)C[C@@H](C)O1. The van der Waals surface area contributed by atoms with Crippen LogP contribution in [-0.2, 0) is 9.53 Å². The minimum Gasteiger partial charge on any atom is -0.372 e. The molecule has 2 amide bonds. The molecule has 2 aromatic carbocycles. The molecule has 5 nitrogen and oxygen atoms in total. The normalized spacial score (nSPS) is 20.5. The number of hydrogen-bond donors (Lipinski definition) is 1.